The summed E-state index contributed by atoms with van der Waals surface area (Å²) in [4.78, 5) is 2.44. The Morgan fingerprint density at radius 2 is 2.22 bits per heavy atom. The van der Waals surface area contributed by atoms with E-state index in [1.54, 1.807) is 0 Å². The number of rotatable bonds is 4. The van der Waals surface area contributed by atoms with Crippen LogP contribution in [0.2, 0.25) is 0 Å². The highest BCUT2D eigenvalue weighted by atomic mass is 16.3. The first-order chi connectivity index (χ1) is 8.60. The largest absolute Gasteiger partial charge is 0.463 e. The first-order valence-electron chi connectivity index (χ1n) is 7.08. The van der Waals surface area contributed by atoms with E-state index < -0.39 is 0 Å². The summed E-state index contributed by atoms with van der Waals surface area (Å²) in [7, 11) is 2.21. The van der Waals surface area contributed by atoms with Crippen molar-refractivity contribution in [3.05, 3.63) is 23.2 Å². The van der Waals surface area contributed by atoms with Crippen LogP contribution in [0.5, 0.6) is 0 Å². The van der Waals surface area contributed by atoms with Gasteiger partial charge in [-0.05, 0) is 44.4 Å². The van der Waals surface area contributed by atoms with E-state index in [-0.39, 0.29) is 0 Å². The van der Waals surface area contributed by atoms with E-state index in [0.717, 1.165) is 24.0 Å². The molecule has 18 heavy (non-hydrogen) atoms. The van der Waals surface area contributed by atoms with Crippen molar-refractivity contribution in [2.24, 2.45) is 11.7 Å². The summed E-state index contributed by atoms with van der Waals surface area (Å²) in [5.74, 6) is 2.84. The molecule has 2 atom stereocenters. The third-order valence-corrected chi connectivity index (χ3v) is 4.19. The Morgan fingerprint density at radius 3 is 2.83 bits per heavy atom. The van der Waals surface area contributed by atoms with Crippen LogP contribution in [0.15, 0.2) is 10.5 Å². The smallest absolute Gasteiger partial charge is 0.120 e. The third-order valence-electron chi connectivity index (χ3n) is 4.19. The molecule has 3 nitrogen and oxygen atoms in total. The number of nitrogens with zero attached hydrogens (tertiary/aromatic N) is 1. The molecule has 0 bridgehead atoms. The molecule has 0 aliphatic heterocycles. The standard InChI is InChI=1S/C15H26N2O/c1-11-5-4-6-13(7-11)17(3)10-14-8-12(2)15(9-16)18-14/h8,11,13H,4-7,9-10,16H2,1-3H3. The van der Waals surface area contributed by atoms with Crippen molar-refractivity contribution >= 4 is 0 Å². The van der Waals surface area contributed by atoms with Crippen molar-refractivity contribution in [1.82, 2.24) is 4.90 Å². The van der Waals surface area contributed by atoms with Gasteiger partial charge in [-0.1, -0.05) is 19.8 Å². The highest BCUT2D eigenvalue weighted by Crippen LogP contribution is 2.27. The van der Waals surface area contributed by atoms with E-state index >= 15 is 0 Å². The van der Waals surface area contributed by atoms with Gasteiger partial charge in [-0.3, -0.25) is 4.90 Å². The van der Waals surface area contributed by atoms with Crippen LogP contribution in [0.4, 0.5) is 0 Å². The van der Waals surface area contributed by atoms with Gasteiger partial charge < -0.3 is 10.2 Å². The second kappa shape index (κ2) is 5.89. The Morgan fingerprint density at radius 1 is 1.44 bits per heavy atom. The quantitative estimate of drug-likeness (QED) is 0.893. The lowest BCUT2D eigenvalue weighted by Crippen LogP contribution is -2.34. The fourth-order valence-corrected chi connectivity index (χ4v) is 3.05. The van der Waals surface area contributed by atoms with Crippen LogP contribution in [0.1, 0.15) is 49.7 Å². The topological polar surface area (TPSA) is 42.4 Å². The molecule has 0 amide bonds. The number of aryl methyl sites for hydroxylation is 1. The van der Waals surface area contributed by atoms with E-state index in [2.05, 4.69) is 31.9 Å². The fourth-order valence-electron chi connectivity index (χ4n) is 3.05. The molecular weight excluding hydrogens is 224 g/mol. The van der Waals surface area contributed by atoms with Crippen LogP contribution in [-0.4, -0.2) is 18.0 Å². The molecule has 2 N–H and O–H groups in total. The third kappa shape index (κ3) is 3.15. The Bertz CT molecular complexity index is 386. The Kier molecular flexibility index (Phi) is 4.46. The highest BCUT2D eigenvalue weighted by Gasteiger charge is 2.23. The van der Waals surface area contributed by atoms with Crippen LogP contribution in [0, 0.1) is 12.8 Å². The van der Waals surface area contributed by atoms with Crippen molar-refractivity contribution in [2.75, 3.05) is 7.05 Å². The van der Waals surface area contributed by atoms with Crippen molar-refractivity contribution in [3.63, 3.8) is 0 Å². The lowest BCUT2D eigenvalue weighted by Gasteiger charge is -2.33. The summed E-state index contributed by atoms with van der Waals surface area (Å²) < 4.78 is 5.79. The maximum Gasteiger partial charge on any atom is 0.120 e. The predicted molar refractivity (Wildman–Crippen MR) is 74.2 cm³/mol. The zero-order chi connectivity index (χ0) is 13.1. The second-order valence-electron chi connectivity index (χ2n) is 5.86. The summed E-state index contributed by atoms with van der Waals surface area (Å²) in [5.41, 5.74) is 6.83. The zero-order valence-corrected chi connectivity index (χ0v) is 11.9. The molecule has 0 saturated heterocycles. The van der Waals surface area contributed by atoms with Crippen LogP contribution in [0.25, 0.3) is 0 Å². The summed E-state index contributed by atoms with van der Waals surface area (Å²) in [6, 6.07) is 2.84. The Balaban J connectivity index is 1.95. The zero-order valence-electron chi connectivity index (χ0n) is 11.9. The molecule has 3 heteroatoms. The number of nitrogens with two attached hydrogens (primary N) is 1. The molecule has 1 aliphatic carbocycles. The van der Waals surface area contributed by atoms with E-state index in [4.69, 9.17) is 10.2 Å². The van der Waals surface area contributed by atoms with Gasteiger partial charge in [0.05, 0.1) is 13.1 Å². The van der Waals surface area contributed by atoms with Crippen LogP contribution in [0.3, 0.4) is 0 Å². The molecule has 1 aliphatic rings. The predicted octanol–water partition coefficient (Wildman–Crippen LogP) is 3.06. The van der Waals surface area contributed by atoms with Gasteiger partial charge in [-0.15, -0.1) is 0 Å². The fraction of sp³-hybridized carbons (Fsp3) is 0.733. The Labute approximate surface area is 110 Å². The first-order valence-corrected chi connectivity index (χ1v) is 7.08. The summed E-state index contributed by atoms with van der Waals surface area (Å²) in [6.07, 6.45) is 5.40. The van der Waals surface area contributed by atoms with Crippen LogP contribution in [-0.2, 0) is 13.1 Å². The van der Waals surface area contributed by atoms with E-state index in [1.807, 2.05) is 0 Å². The van der Waals surface area contributed by atoms with Gasteiger partial charge in [0.15, 0.2) is 0 Å². The molecule has 1 aromatic rings. The van der Waals surface area contributed by atoms with Gasteiger partial charge in [-0.25, -0.2) is 0 Å². The van der Waals surface area contributed by atoms with E-state index in [9.17, 15) is 0 Å². The molecule has 1 aromatic heterocycles. The average Bonchev–Trinajstić information content (AvgIpc) is 2.69. The van der Waals surface area contributed by atoms with Crippen molar-refractivity contribution in [3.8, 4) is 0 Å². The maximum atomic E-state index is 5.79. The lowest BCUT2D eigenvalue weighted by molar-refractivity contribution is 0.148. The summed E-state index contributed by atoms with van der Waals surface area (Å²) in [5, 5.41) is 0. The molecule has 2 rings (SSSR count). The minimum atomic E-state index is 0.496. The van der Waals surface area contributed by atoms with Gasteiger partial charge >= 0.3 is 0 Å². The normalized spacial score (nSPS) is 24.7. The Hall–Kier alpha value is -0.800. The molecular formula is C15H26N2O. The monoisotopic (exact) mass is 250 g/mol. The molecule has 102 valence electrons. The van der Waals surface area contributed by atoms with Gasteiger partial charge in [0.1, 0.15) is 11.5 Å². The minimum absolute atomic E-state index is 0.496. The molecule has 1 saturated carbocycles. The average molecular weight is 250 g/mol. The van der Waals surface area contributed by atoms with Gasteiger partial charge in [-0.2, -0.15) is 0 Å². The lowest BCUT2D eigenvalue weighted by atomic mass is 9.86. The number of hydrogen-bond acceptors (Lipinski definition) is 3. The number of furan rings is 1. The molecule has 0 aromatic carbocycles. The molecule has 2 unspecified atom stereocenters. The van der Waals surface area contributed by atoms with Crippen molar-refractivity contribution in [1.29, 1.82) is 0 Å². The van der Waals surface area contributed by atoms with Gasteiger partial charge in [0, 0.05) is 6.04 Å². The second-order valence-corrected chi connectivity index (χ2v) is 5.86. The number of hydrogen-bond donors (Lipinski definition) is 1. The summed E-state index contributed by atoms with van der Waals surface area (Å²) >= 11 is 0. The van der Waals surface area contributed by atoms with Gasteiger partial charge in [0.25, 0.3) is 0 Å². The van der Waals surface area contributed by atoms with Crippen molar-refractivity contribution < 1.29 is 4.42 Å². The van der Waals surface area contributed by atoms with Crippen molar-refractivity contribution in [2.45, 2.75) is 58.7 Å². The molecule has 0 radical (unpaired) electrons. The minimum Gasteiger partial charge on any atom is -0.463 e. The van der Waals surface area contributed by atoms with Crippen LogP contribution < -0.4 is 5.73 Å². The van der Waals surface area contributed by atoms with Gasteiger partial charge in [0.2, 0.25) is 0 Å². The van der Waals surface area contributed by atoms with E-state index in [0.29, 0.717) is 12.6 Å². The first kappa shape index (κ1) is 13.6. The molecule has 0 spiro atoms. The highest BCUT2D eigenvalue weighted by molar-refractivity contribution is 5.19. The molecule has 1 fully saturated rings. The maximum absolute atomic E-state index is 5.79. The molecule has 1 heterocycles. The SMILES string of the molecule is Cc1cc(CN(C)C2CCCC(C)C2)oc1CN. The van der Waals surface area contributed by atoms with Crippen LogP contribution >= 0.6 is 0 Å². The van der Waals surface area contributed by atoms with E-state index in [1.165, 1.54) is 31.2 Å². The summed E-state index contributed by atoms with van der Waals surface area (Å²) in [6.45, 7) is 5.83.